The molecule has 2 aromatic rings. The number of aryl methyl sites for hydroxylation is 2. The second kappa shape index (κ2) is 10.6. The molecule has 1 aromatic heterocycles. The van der Waals surface area contributed by atoms with Crippen LogP contribution in [0.1, 0.15) is 52.0 Å². The number of methoxy groups -OCH3 is 1. The number of ether oxygens (including phenoxy) is 1. The van der Waals surface area contributed by atoms with E-state index >= 15 is 0 Å². The molecule has 160 valence electrons. The maximum atomic E-state index is 12.6. The second-order valence-corrected chi connectivity index (χ2v) is 9.45. The lowest BCUT2D eigenvalue weighted by Gasteiger charge is -2.12. The molecule has 0 saturated heterocycles. The smallest absolute Gasteiger partial charge is 0.413 e. The molecule has 0 fully saturated rings. The molecule has 0 atom stereocenters. The minimum atomic E-state index is -0.804. The summed E-state index contributed by atoms with van der Waals surface area (Å²) in [5.74, 6) is 0.198. The number of rotatable bonds is 7. The van der Waals surface area contributed by atoms with Gasteiger partial charge in [-0.25, -0.2) is 4.79 Å². The normalized spacial score (nSPS) is 12.7. The fourth-order valence-corrected chi connectivity index (χ4v) is 5.50. The van der Waals surface area contributed by atoms with Crippen LogP contribution in [0.25, 0.3) is 0 Å². The van der Waals surface area contributed by atoms with Crippen LogP contribution in [0, 0.1) is 6.92 Å². The molecule has 0 spiro atoms. The van der Waals surface area contributed by atoms with Crippen LogP contribution in [0.4, 0.5) is 9.80 Å². The highest BCUT2D eigenvalue weighted by atomic mass is 32.2. The van der Waals surface area contributed by atoms with Crippen LogP contribution in [-0.2, 0) is 22.4 Å². The fraction of sp³-hybridized carbons (Fsp3) is 0.409. The molecule has 3 amide bonds. The second-order valence-electron chi connectivity index (χ2n) is 7.17. The molecule has 1 aliphatic carbocycles. The quantitative estimate of drug-likeness (QED) is 0.465. The number of imide groups is 1. The fourth-order valence-electron chi connectivity index (χ4n) is 3.35. The highest BCUT2D eigenvalue weighted by Crippen LogP contribution is 2.38. The predicted octanol–water partition coefficient (Wildman–Crippen LogP) is 4.94. The number of alkyl carbamates (subject to hydrolysis) is 1. The molecule has 3 rings (SSSR count). The first kappa shape index (κ1) is 22.4. The number of benzene rings is 1. The third-order valence-electron chi connectivity index (χ3n) is 4.89. The van der Waals surface area contributed by atoms with Gasteiger partial charge in [-0.3, -0.25) is 14.9 Å². The minimum Gasteiger partial charge on any atom is -0.453 e. The van der Waals surface area contributed by atoms with Gasteiger partial charge in [-0.2, -0.15) is 0 Å². The largest absolute Gasteiger partial charge is 0.453 e. The lowest BCUT2D eigenvalue weighted by atomic mass is 9.95. The molecule has 8 heteroatoms. The highest BCUT2D eigenvalue weighted by Gasteiger charge is 2.27. The van der Waals surface area contributed by atoms with Crippen LogP contribution in [0.5, 0.6) is 0 Å². The summed E-state index contributed by atoms with van der Waals surface area (Å²) in [6.07, 6.45) is 4.03. The maximum absolute atomic E-state index is 12.6. The number of carbonyl (C=O) groups is 3. The van der Waals surface area contributed by atoms with E-state index in [0.29, 0.717) is 17.0 Å². The van der Waals surface area contributed by atoms with Gasteiger partial charge in [-0.05, 0) is 62.5 Å². The van der Waals surface area contributed by atoms with E-state index in [2.05, 4.69) is 46.6 Å². The summed E-state index contributed by atoms with van der Waals surface area (Å²) in [6.45, 7) is 2.06. The van der Waals surface area contributed by atoms with E-state index in [1.165, 1.54) is 28.9 Å². The van der Waals surface area contributed by atoms with E-state index in [9.17, 15) is 14.4 Å². The number of thioether (sulfide) groups is 1. The summed E-state index contributed by atoms with van der Waals surface area (Å²) in [5, 5.41) is 5.65. The molecule has 1 aliphatic rings. The molecule has 0 unspecified atom stereocenters. The monoisotopic (exact) mass is 446 g/mol. The molecule has 0 bridgehead atoms. The Morgan fingerprint density at radius 3 is 2.60 bits per heavy atom. The van der Waals surface area contributed by atoms with Crippen molar-refractivity contribution in [1.82, 2.24) is 5.32 Å². The van der Waals surface area contributed by atoms with Gasteiger partial charge >= 0.3 is 6.09 Å². The number of hydrogen-bond acceptors (Lipinski definition) is 6. The summed E-state index contributed by atoms with van der Waals surface area (Å²) < 4.78 is 4.54. The van der Waals surface area contributed by atoms with Crippen LogP contribution in [0.2, 0.25) is 0 Å². The van der Waals surface area contributed by atoms with Crippen molar-refractivity contribution >= 4 is 46.0 Å². The molecule has 30 heavy (non-hydrogen) atoms. The minimum absolute atomic E-state index is 0.120. The van der Waals surface area contributed by atoms with E-state index in [4.69, 9.17) is 0 Å². The van der Waals surface area contributed by atoms with Crippen LogP contribution in [0.15, 0.2) is 29.2 Å². The van der Waals surface area contributed by atoms with Crippen LogP contribution in [-0.4, -0.2) is 30.8 Å². The van der Waals surface area contributed by atoms with Crippen molar-refractivity contribution in [3.8, 4) is 0 Å². The lowest BCUT2D eigenvalue weighted by Crippen LogP contribution is -2.31. The van der Waals surface area contributed by atoms with Gasteiger partial charge in [-0.1, -0.05) is 17.7 Å². The third kappa shape index (κ3) is 5.86. The Balaban J connectivity index is 1.59. The zero-order valence-electron chi connectivity index (χ0n) is 17.2. The van der Waals surface area contributed by atoms with Crippen molar-refractivity contribution in [1.29, 1.82) is 0 Å². The number of hydrogen-bond donors (Lipinski definition) is 2. The van der Waals surface area contributed by atoms with Gasteiger partial charge < -0.3 is 10.1 Å². The first-order valence-electron chi connectivity index (χ1n) is 10.0. The summed E-state index contributed by atoms with van der Waals surface area (Å²) in [6, 6.07) is 8.33. The first-order chi connectivity index (χ1) is 14.5. The van der Waals surface area contributed by atoms with Crippen molar-refractivity contribution < 1.29 is 19.1 Å². The SMILES string of the molecule is COC(=O)NC(=O)c1c(NC(=O)CCCSc2ccc(C)cc2)sc2c1CCCC2. The van der Waals surface area contributed by atoms with Crippen molar-refractivity contribution in [2.24, 2.45) is 0 Å². The number of anilines is 1. The van der Waals surface area contributed by atoms with Gasteiger partial charge in [0, 0.05) is 16.2 Å². The van der Waals surface area contributed by atoms with E-state index in [0.717, 1.165) is 48.3 Å². The topological polar surface area (TPSA) is 84.5 Å². The zero-order valence-corrected chi connectivity index (χ0v) is 18.8. The standard InChI is InChI=1S/C22H26N2O4S2/c1-14-9-11-15(12-10-14)29-13-5-8-18(25)23-21-19(20(26)24-22(27)28-2)16-6-3-4-7-17(16)30-21/h9-12H,3-8,13H2,1-2H3,(H,23,25)(H,24,26,27). The summed E-state index contributed by atoms with van der Waals surface area (Å²) in [5.41, 5.74) is 2.57. The molecule has 0 aliphatic heterocycles. The Hall–Kier alpha value is -2.32. The van der Waals surface area contributed by atoms with Gasteiger partial charge in [0.15, 0.2) is 0 Å². The molecular formula is C22H26N2O4S2. The number of carbonyl (C=O) groups excluding carboxylic acids is 3. The maximum Gasteiger partial charge on any atom is 0.413 e. The first-order valence-corrected chi connectivity index (χ1v) is 11.8. The van der Waals surface area contributed by atoms with Gasteiger partial charge in [0.1, 0.15) is 5.00 Å². The average Bonchev–Trinajstić information content (AvgIpc) is 3.10. The van der Waals surface area contributed by atoms with E-state index in [-0.39, 0.29) is 5.91 Å². The Morgan fingerprint density at radius 2 is 1.87 bits per heavy atom. The molecule has 6 nitrogen and oxygen atoms in total. The zero-order chi connectivity index (χ0) is 21.5. The van der Waals surface area contributed by atoms with E-state index in [1.54, 1.807) is 11.8 Å². The summed E-state index contributed by atoms with van der Waals surface area (Å²) >= 11 is 3.16. The Morgan fingerprint density at radius 1 is 1.13 bits per heavy atom. The van der Waals surface area contributed by atoms with Crippen LogP contribution >= 0.6 is 23.1 Å². The molecule has 1 heterocycles. The third-order valence-corrected chi connectivity index (χ3v) is 7.20. The van der Waals surface area contributed by atoms with Crippen molar-refractivity contribution in [3.63, 3.8) is 0 Å². The lowest BCUT2D eigenvalue weighted by molar-refractivity contribution is -0.116. The molecule has 2 N–H and O–H groups in total. The summed E-state index contributed by atoms with van der Waals surface area (Å²) in [4.78, 5) is 38.9. The van der Waals surface area contributed by atoms with Gasteiger partial charge in [0.25, 0.3) is 5.91 Å². The molecule has 0 saturated carbocycles. The highest BCUT2D eigenvalue weighted by molar-refractivity contribution is 7.99. The number of amides is 3. The van der Waals surface area contributed by atoms with Gasteiger partial charge in [-0.15, -0.1) is 23.1 Å². The van der Waals surface area contributed by atoms with Crippen LogP contribution < -0.4 is 10.6 Å². The average molecular weight is 447 g/mol. The van der Waals surface area contributed by atoms with Gasteiger partial charge in [0.05, 0.1) is 12.7 Å². The number of thiophene rings is 1. The van der Waals surface area contributed by atoms with E-state index in [1.807, 2.05) is 0 Å². The summed E-state index contributed by atoms with van der Waals surface area (Å²) in [7, 11) is 1.21. The molecular weight excluding hydrogens is 420 g/mol. The Kier molecular flexibility index (Phi) is 7.93. The van der Waals surface area contributed by atoms with Crippen LogP contribution in [0.3, 0.4) is 0 Å². The predicted molar refractivity (Wildman–Crippen MR) is 121 cm³/mol. The van der Waals surface area contributed by atoms with Crippen molar-refractivity contribution in [3.05, 3.63) is 45.8 Å². The van der Waals surface area contributed by atoms with Gasteiger partial charge in [0.2, 0.25) is 5.91 Å². The Bertz CT molecular complexity index is 922. The molecule has 0 radical (unpaired) electrons. The van der Waals surface area contributed by atoms with Crippen molar-refractivity contribution in [2.75, 3.05) is 18.2 Å². The number of nitrogens with one attached hydrogen (secondary N) is 2. The Labute approximate surface area is 184 Å². The number of fused-ring (bicyclic) bond motifs is 1. The van der Waals surface area contributed by atoms with Crippen molar-refractivity contribution in [2.45, 2.75) is 50.3 Å². The van der Waals surface area contributed by atoms with E-state index < -0.39 is 12.0 Å². The molecule has 1 aromatic carbocycles.